The van der Waals surface area contributed by atoms with E-state index in [1.807, 2.05) is 12.1 Å². The maximum absolute atomic E-state index is 12.1. The highest BCUT2D eigenvalue weighted by Crippen LogP contribution is 2.15. The average Bonchev–Trinajstić information content (AvgIpc) is 2.66. The third kappa shape index (κ3) is 3.29. The molecule has 1 aliphatic heterocycles. The van der Waals surface area contributed by atoms with Crippen LogP contribution in [0.25, 0.3) is 0 Å². The van der Waals surface area contributed by atoms with E-state index in [4.69, 9.17) is 5.11 Å². The molecule has 20 heavy (non-hydrogen) atoms. The lowest BCUT2D eigenvalue weighted by Crippen LogP contribution is -2.48. The van der Waals surface area contributed by atoms with E-state index >= 15 is 0 Å². The van der Waals surface area contributed by atoms with Crippen LogP contribution in [0.2, 0.25) is 0 Å². The van der Waals surface area contributed by atoms with Crippen LogP contribution in [0.4, 0.5) is 4.79 Å². The fourth-order valence-corrected chi connectivity index (χ4v) is 2.45. The smallest absolute Gasteiger partial charge is 0.326 e. The zero-order valence-corrected chi connectivity index (χ0v) is 11.6. The van der Waals surface area contributed by atoms with Crippen molar-refractivity contribution in [3.63, 3.8) is 0 Å². The summed E-state index contributed by atoms with van der Waals surface area (Å²) in [7, 11) is 0. The van der Waals surface area contributed by atoms with Crippen molar-refractivity contribution in [2.24, 2.45) is 0 Å². The zero-order chi connectivity index (χ0) is 14.5. The molecule has 1 aliphatic rings. The molecule has 0 saturated heterocycles. The summed E-state index contributed by atoms with van der Waals surface area (Å²) < 4.78 is 0. The van der Waals surface area contributed by atoms with Gasteiger partial charge in [-0.15, -0.1) is 0 Å². The van der Waals surface area contributed by atoms with Gasteiger partial charge in [-0.25, -0.2) is 9.59 Å². The van der Waals surface area contributed by atoms with Crippen molar-refractivity contribution < 1.29 is 14.7 Å². The van der Waals surface area contributed by atoms with Crippen LogP contribution in [0.1, 0.15) is 24.5 Å². The van der Waals surface area contributed by atoms with Crippen LogP contribution in [-0.2, 0) is 17.6 Å². The number of hydrogen-bond acceptors (Lipinski definition) is 2. The lowest BCUT2D eigenvalue weighted by molar-refractivity contribution is -0.139. The molecular formula is C15H20N2O3. The molecule has 1 unspecified atom stereocenters. The summed E-state index contributed by atoms with van der Waals surface area (Å²) in [5.41, 5.74) is 2.54. The molecule has 2 N–H and O–H groups in total. The van der Waals surface area contributed by atoms with Crippen LogP contribution in [-0.4, -0.2) is 41.1 Å². The molecule has 0 bridgehead atoms. The molecule has 1 heterocycles. The monoisotopic (exact) mass is 276 g/mol. The Balaban J connectivity index is 1.98. The number of carboxylic acids is 1. The highest BCUT2D eigenvalue weighted by molar-refractivity contribution is 5.82. The lowest BCUT2D eigenvalue weighted by atomic mass is 10.0. The number of carbonyl (C=O) groups excluding carboxylic acids is 1. The summed E-state index contributed by atoms with van der Waals surface area (Å²) in [4.78, 5) is 24.8. The summed E-state index contributed by atoms with van der Waals surface area (Å²) in [6.07, 6.45) is 2.01. The van der Waals surface area contributed by atoms with Gasteiger partial charge in [0.05, 0.1) is 0 Å². The van der Waals surface area contributed by atoms with E-state index in [2.05, 4.69) is 17.4 Å². The number of nitrogens with one attached hydrogen (secondary N) is 1. The Morgan fingerprint density at radius 2 is 1.80 bits per heavy atom. The predicted octanol–water partition coefficient (Wildman–Crippen LogP) is 1.66. The minimum atomic E-state index is -0.987. The Morgan fingerprint density at radius 3 is 2.25 bits per heavy atom. The average molecular weight is 276 g/mol. The number of fused-ring (bicyclic) bond motifs is 1. The van der Waals surface area contributed by atoms with Gasteiger partial charge in [0.15, 0.2) is 0 Å². The van der Waals surface area contributed by atoms with Gasteiger partial charge in [0, 0.05) is 13.1 Å². The van der Waals surface area contributed by atoms with Crippen molar-refractivity contribution in [1.82, 2.24) is 10.2 Å². The number of urea groups is 1. The molecule has 5 nitrogen and oxygen atoms in total. The standard InChI is InChI=1S/C15H20N2O3/c1-2-13(14(18)19)16-15(20)17-9-7-11-5-3-4-6-12(11)8-10-17/h3-6,13H,2,7-10H2,1H3,(H,16,20)(H,18,19). The van der Waals surface area contributed by atoms with E-state index in [9.17, 15) is 9.59 Å². The summed E-state index contributed by atoms with van der Waals surface area (Å²) in [6, 6.07) is 7.09. The van der Waals surface area contributed by atoms with E-state index in [0.29, 0.717) is 19.5 Å². The first kappa shape index (κ1) is 14.4. The van der Waals surface area contributed by atoms with Crippen molar-refractivity contribution in [3.05, 3.63) is 35.4 Å². The fourth-order valence-electron chi connectivity index (χ4n) is 2.45. The zero-order valence-electron chi connectivity index (χ0n) is 11.6. The van der Waals surface area contributed by atoms with Crippen LogP contribution < -0.4 is 5.32 Å². The fraction of sp³-hybridized carbons (Fsp3) is 0.467. The summed E-state index contributed by atoms with van der Waals surface area (Å²) >= 11 is 0. The summed E-state index contributed by atoms with van der Waals surface area (Å²) in [5, 5.41) is 11.6. The van der Waals surface area contributed by atoms with Crippen LogP contribution in [0.15, 0.2) is 24.3 Å². The highest BCUT2D eigenvalue weighted by atomic mass is 16.4. The molecule has 5 heteroatoms. The second-order valence-corrected chi connectivity index (χ2v) is 5.00. The molecule has 0 aromatic heterocycles. The number of rotatable bonds is 3. The van der Waals surface area contributed by atoms with Gasteiger partial charge in [-0.1, -0.05) is 31.2 Å². The first-order valence-corrected chi connectivity index (χ1v) is 6.97. The number of hydrogen-bond donors (Lipinski definition) is 2. The number of carbonyl (C=O) groups is 2. The molecule has 0 saturated carbocycles. The van der Waals surface area contributed by atoms with E-state index in [-0.39, 0.29) is 6.03 Å². The quantitative estimate of drug-likeness (QED) is 0.882. The minimum absolute atomic E-state index is 0.285. The van der Waals surface area contributed by atoms with Gasteiger partial charge in [-0.3, -0.25) is 0 Å². The minimum Gasteiger partial charge on any atom is -0.480 e. The summed E-state index contributed by atoms with van der Waals surface area (Å²) in [6.45, 7) is 3.00. The van der Waals surface area contributed by atoms with E-state index < -0.39 is 12.0 Å². The Labute approximate surface area is 118 Å². The Kier molecular flexibility index (Phi) is 4.61. The van der Waals surface area contributed by atoms with Gasteiger partial charge in [0.1, 0.15) is 6.04 Å². The number of benzene rings is 1. The first-order chi connectivity index (χ1) is 9.61. The molecular weight excluding hydrogens is 256 g/mol. The molecule has 0 radical (unpaired) electrons. The molecule has 108 valence electrons. The second kappa shape index (κ2) is 6.41. The molecule has 0 aliphatic carbocycles. The Morgan fingerprint density at radius 1 is 1.25 bits per heavy atom. The third-order valence-electron chi connectivity index (χ3n) is 3.71. The number of amides is 2. The largest absolute Gasteiger partial charge is 0.480 e. The van der Waals surface area contributed by atoms with Crippen molar-refractivity contribution in [2.75, 3.05) is 13.1 Å². The SMILES string of the molecule is CCC(NC(=O)N1CCc2ccccc2CC1)C(=O)O. The molecule has 2 rings (SSSR count). The summed E-state index contributed by atoms with van der Waals surface area (Å²) in [5.74, 6) is -0.987. The third-order valence-corrected chi connectivity index (χ3v) is 3.71. The van der Waals surface area contributed by atoms with Gasteiger partial charge < -0.3 is 15.3 Å². The van der Waals surface area contributed by atoms with E-state index in [1.165, 1.54) is 11.1 Å². The van der Waals surface area contributed by atoms with Gasteiger partial charge >= 0.3 is 12.0 Å². The number of nitrogens with zero attached hydrogens (tertiary/aromatic N) is 1. The Bertz CT molecular complexity index is 475. The van der Waals surface area contributed by atoms with Crippen molar-refractivity contribution >= 4 is 12.0 Å². The van der Waals surface area contributed by atoms with Gasteiger partial charge in [0.25, 0.3) is 0 Å². The normalized spacial score (nSPS) is 15.9. The lowest BCUT2D eigenvalue weighted by Gasteiger charge is -2.23. The maximum atomic E-state index is 12.1. The molecule has 1 aromatic rings. The Hall–Kier alpha value is -2.04. The van der Waals surface area contributed by atoms with Crippen LogP contribution in [0, 0.1) is 0 Å². The van der Waals surface area contributed by atoms with Gasteiger partial charge in [0.2, 0.25) is 0 Å². The topological polar surface area (TPSA) is 69.6 Å². The number of carboxylic acid groups (broad SMARTS) is 1. The van der Waals surface area contributed by atoms with Gasteiger partial charge in [-0.05, 0) is 30.4 Å². The van der Waals surface area contributed by atoms with Crippen molar-refractivity contribution in [1.29, 1.82) is 0 Å². The van der Waals surface area contributed by atoms with E-state index in [0.717, 1.165) is 12.8 Å². The van der Waals surface area contributed by atoms with Crippen LogP contribution >= 0.6 is 0 Å². The van der Waals surface area contributed by atoms with Gasteiger partial charge in [-0.2, -0.15) is 0 Å². The molecule has 1 aromatic carbocycles. The molecule has 2 amide bonds. The highest BCUT2D eigenvalue weighted by Gasteiger charge is 2.23. The second-order valence-electron chi connectivity index (χ2n) is 5.00. The molecule has 1 atom stereocenters. The molecule has 0 spiro atoms. The predicted molar refractivity (Wildman–Crippen MR) is 75.7 cm³/mol. The van der Waals surface area contributed by atoms with Crippen molar-refractivity contribution in [3.8, 4) is 0 Å². The van der Waals surface area contributed by atoms with E-state index in [1.54, 1.807) is 11.8 Å². The maximum Gasteiger partial charge on any atom is 0.326 e. The van der Waals surface area contributed by atoms with Crippen LogP contribution in [0.5, 0.6) is 0 Å². The first-order valence-electron chi connectivity index (χ1n) is 6.97. The molecule has 0 fully saturated rings. The van der Waals surface area contributed by atoms with Crippen molar-refractivity contribution in [2.45, 2.75) is 32.2 Å². The number of aliphatic carboxylic acids is 1. The van der Waals surface area contributed by atoms with Crippen LogP contribution in [0.3, 0.4) is 0 Å².